The lowest BCUT2D eigenvalue weighted by Gasteiger charge is -2.58. The van der Waals surface area contributed by atoms with Crippen molar-refractivity contribution in [3.05, 3.63) is 0 Å². The highest BCUT2D eigenvalue weighted by Gasteiger charge is 2.65. The molecule has 6 unspecified atom stereocenters. The smallest absolute Gasteiger partial charge is 0.312 e. The van der Waals surface area contributed by atoms with Crippen LogP contribution in [0.1, 0.15) is 96.3 Å². The van der Waals surface area contributed by atoms with Gasteiger partial charge in [-0.15, -0.1) is 0 Å². The molecule has 1 spiro atoms. The summed E-state index contributed by atoms with van der Waals surface area (Å²) >= 11 is 0. The van der Waals surface area contributed by atoms with Gasteiger partial charge in [0.2, 0.25) is 0 Å². The highest BCUT2D eigenvalue weighted by atomic mass is 16.8. The second-order valence-electron chi connectivity index (χ2n) is 18.0. The monoisotopic (exact) mass is 610 g/mol. The Morgan fingerprint density at radius 3 is 1.32 bits per heavy atom. The molecular formula is C36H50O8. The van der Waals surface area contributed by atoms with Crippen molar-refractivity contribution in [1.82, 2.24) is 0 Å². The van der Waals surface area contributed by atoms with Gasteiger partial charge in [-0.05, 0) is 144 Å². The molecule has 8 nitrogen and oxygen atoms in total. The molecule has 242 valence electrons. The van der Waals surface area contributed by atoms with Crippen molar-refractivity contribution in [3.8, 4) is 0 Å². The van der Waals surface area contributed by atoms with E-state index in [1.807, 2.05) is 0 Å². The van der Waals surface area contributed by atoms with E-state index in [0.29, 0.717) is 23.7 Å². The van der Waals surface area contributed by atoms with Gasteiger partial charge < -0.3 is 29.2 Å². The first-order valence-electron chi connectivity index (χ1n) is 18.3. The molecule has 12 aliphatic carbocycles. The number of esters is 2. The Bertz CT molecular complexity index is 1100. The summed E-state index contributed by atoms with van der Waals surface area (Å²) in [5, 5.41) is 21.5. The molecule has 12 bridgehead atoms. The molecule has 1 heterocycles. The Hall–Kier alpha value is -1.22. The number of rotatable bonds is 6. The fourth-order valence-electron chi connectivity index (χ4n) is 14.3. The standard InChI is InChI=1S/C36H50O8/c37-30-22-2-20-3-23(30)13-34(10-20,12-22)32(39)41-16-28-29(44-36(43-28)26-6-18-1-19(8-26)9-27(36)7-18)17-42-33(40)35-11-21-4-24(14-35)31(38)25(5-21)15-35/h18-31,37-38H,1-17H2. The maximum Gasteiger partial charge on any atom is 0.312 e. The highest BCUT2D eigenvalue weighted by Crippen LogP contribution is 2.64. The van der Waals surface area contributed by atoms with Crippen molar-refractivity contribution in [2.75, 3.05) is 13.2 Å². The third-order valence-corrected chi connectivity index (χ3v) is 15.4. The number of carbonyl (C=O) groups is 2. The molecule has 6 atom stereocenters. The predicted octanol–water partition coefficient (Wildman–Crippen LogP) is 4.38. The molecule has 1 saturated heterocycles. The molecule has 2 N–H and O–H groups in total. The molecule has 0 aromatic rings. The van der Waals surface area contributed by atoms with Crippen LogP contribution < -0.4 is 0 Å². The SMILES string of the molecule is O=C(OCC1OC2(OC1COC(=O)C13CC4CC(C1)C(O)C(C4)C3)C1CC3CC(C1)CC2C3)C12CC3CC(C1)C(O)C(C3)C2. The quantitative estimate of drug-likeness (QED) is 0.427. The van der Waals surface area contributed by atoms with Gasteiger partial charge in [-0.25, -0.2) is 0 Å². The largest absolute Gasteiger partial charge is 0.462 e. The summed E-state index contributed by atoms with van der Waals surface area (Å²) in [4.78, 5) is 27.7. The number of hydrogen-bond donors (Lipinski definition) is 2. The average Bonchev–Trinajstić information content (AvgIpc) is 3.36. The molecule has 1 aliphatic heterocycles. The zero-order chi connectivity index (χ0) is 29.6. The van der Waals surface area contributed by atoms with Crippen molar-refractivity contribution in [1.29, 1.82) is 0 Å². The zero-order valence-electron chi connectivity index (χ0n) is 25.9. The summed E-state index contributed by atoms with van der Waals surface area (Å²) in [5.74, 6) is 3.24. The molecule has 13 aliphatic rings. The lowest BCUT2D eigenvalue weighted by molar-refractivity contribution is -0.301. The lowest BCUT2D eigenvalue weighted by atomic mass is 9.48. The fourth-order valence-corrected chi connectivity index (χ4v) is 14.3. The van der Waals surface area contributed by atoms with Crippen LogP contribution in [-0.2, 0) is 28.5 Å². The zero-order valence-corrected chi connectivity index (χ0v) is 25.9. The predicted molar refractivity (Wildman–Crippen MR) is 155 cm³/mol. The van der Waals surface area contributed by atoms with Gasteiger partial charge in [-0.2, -0.15) is 0 Å². The molecule has 0 aromatic carbocycles. The minimum absolute atomic E-state index is 0.124. The van der Waals surface area contributed by atoms with Crippen LogP contribution >= 0.6 is 0 Å². The summed E-state index contributed by atoms with van der Waals surface area (Å²) in [5.41, 5.74) is -0.943. The number of hydrogen-bond acceptors (Lipinski definition) is 8. The van der Waals surface area contributed by atoms with Gasteiger partial charge in [0.15, 0.2) is 5.79 Å². The minimum atomic E-state index is -0.656. The van der Waals surface area contributed by atoms with E-state index in [2.05, 4.69) is 0 Å². The van der Waals surface area contributed by atoms with Gasteiger partial charge in [0.1, 0.15) is 25.4 Å². The number of ether oxygens (including phenoxy) is 4. The Kier molecular flexibility index (Phi) is 5.98. The third kappa shape index (κ3) is 3.89. The summed E-state index contributed by atoms with van der Waals surface area (Å²) in [6, 6.07) is 0. The van der Waals surface area contributed by atoms with Crippen LogP contribution in [-0.4, -0.2) is 65.6 Å². The summed E-state index contributed by atoms with van der Waals surface area (Å²) in [6.07, 6.45) is 13.3. The Labute approximate surface area is 260 Å². The van der Waals surface area contributed by atoms with E-state index in [4.69, 9.17) is 18.9 Å². The Morgan fingerprint density at radius 1 is 0.545 bits per heavy atom. The second-order valence-corrected chi connectivity index (χ2v) is 18.0. The Balaban J connectivity index is 0.866. The van der Waals surface area contributed by atoms with E-state index in [-0.39, 0.29) is 61.0 Å². The van der Waals surface area contributed by atoms with Gasteiger partial charge in [-0.1, -0.05) is 0 Å². The molecule has 0 amide bonds. The van der Waals surface area contributed by atoms with Crippen molar-refractivity contribution >= 4 is 11.9 Å². The molecule has 13 rings (SSSR count). The van der Waals surface area contributed by atoms with Crippen LogP contribution in [0.15, 0.2) is 0 Å². The van der Waals surface area contributed by atoms with Crippen LogP contribution in [0.4, 0.5) is 0 Å². The summed E-state index contributed by atoms with van der Waals surface area (Å²) < 4.78 is 26.3. The molecular weight excluding hydrogens is 560 g/mol. The third-order valence-electron chi connectivity index (χ3n) is 15.4. The van der Waals surface area contributed by atoms with Crippen molar-refractivity contribution in [2.45, 2.75) is 127 Å². The van der Waals surface area contributed by atoms with Gasteiger partial charge >= 0.3 is 11.9 Å². The van der Waals surface area contributed by atoms with Crippen molar-refractivity contribution in [2.24, 2.45) is 70.0 Å². The fraction of sp³-hybridized carbons (Fsp3) is 0.944. The number of aliphatic hydroxyl groups excluding tert-OH is 2. The first kappa shape index (κ1) is 27.9. The molecule has 8 heteroatoms. The average molecular weight is 611 g/mol. The lowest BCUT2D eigenvalue weighted by Crippen LogP contribution is -2.59. The number of aliphatic hydroxyl groups is 2. The normalized spacial score (nSPS) is 58.7. The van der Waals surface area contributed by atoms with Crippen molar-refractivity contribution < 1.29 is 38.7 Å². The summed E-state index contributed by atoms with van der Waals surface area (Å²) in [7, 11) is 0. The van der Waals surface area contributed by atoms with Crippen LogP contribution in [0.5, 0.6) is 0 Å². The first-order valence-corrected chi connectivity index (χ1v) is 18.3. The van der Waals surface area contributed by atoms with E-state index in [1.165, 1.54) is 6.42 Å². The van der Waals surface area contributed by atoms with Crippen LogP contribution in [0.25, 0.3) is 0 Å². The van der Waals surface area contributed by atoms with Gasteiger partial charge in [0.05, 0.1) is 23.0 Å². The van der Waals surface area contributed by atoms with E-state index in [9.17, 15) is 19.8 Å². The van der Waals surface area contributed by atoms with Gasteiger partial charge in [0.25, 0.3) is 0 Å². The maximum atomic E-state index is 13.8. The van der Waals surface area contributed by atoms with Gasteiger partial charge in [0, 0.05) is 11.8 Å². The molecule has 12 saturated carbocycles. The Morgan fingerprint density at radius 2 is 0.932 bits per heavy atom. The second kappa shape index (κ2) is 9.44. The van der Waals surface area contributed by atoms with Crippen LogP contribution in [0, 0.1) is 70.0 Å². The van der Waals surface area contributed by atoms with Gasteiger partial charge in [-0.3, -0.25) is 9.59 Å². The van der Waals surface area contributed by atoms with E-state index < -0.39 is 28.8 Å². The maximum absolute atomic E-state index is 13.8. The van der Waals surface area contributed by atoms with Crippen LogP contribution in [0.3, 0.4) is 0 Å². The molecule has 0 radical (unpaired) electrons. The van der Waals surface area contributed by atoms with Crippen molar-refractivity contribution in [3.63, 3.8) is 0 Å². The van der Waals surface area contributed by atoms with Crippen LogP contribution in [0.2, 0.25) is 0 Å². The molecule has 13 fully saturated rings. The minimum Gasteiger partial charge on any atom is -0.462 e. The first-order chi connectivity index (χ1) is 21.2. The van der Waals surface area contributed by atoms with E-state index in [0.717, 1.165) is 102 Å². The van der Waals surface area contributed by atoms with E-state index >= 15 is 0 Å². The summed E-state index contributed by atoms with van der Waals surface area (Å²) in [6.45, 7) is 0.256. The van der Waals surface area contributed by atoms with E-state index in [1.54, 1.807) is 0 Å². The molecule has 44 heavy (non-hydrogen) atoms. The highest BCUT2D eigenvalue weighted by molar-refractivity contribution is 5.78. The molecule has 0 aromatic heterocycles. The number of carbonyl (C=O) groups excluding carboxylic acids is 2. The topological polar surface area (TPSA) is 112 Å².